The summed E-state index contributed by atoms with van der Waals surface area (Å²) < 4.78 is 5.18. The Hall–Kier alpha value is -4.82. The van der Waals surface area contributed by atoms with Crippen LogP contribution >= 0.6 is 0 Å². The summed E-state index contributed by atoms with van der Waals surface area (Å²) in [4.78, 5) is 58.8. The molecule has 4 aromatic carbocycles. The molecular formula is C34H29N3O5. The van der Waals surface area contributed by atoms with Crippen molar-refractivity contribution >= 4 is 45.8 Å². The quantitative estimate of drug-likeness (QED) is 0.284. The van der Waals surface area contributed by atoms with Gasteiger partial charge in [0.2, 0.25) is 11.8 Å². The highest BCUT2D eigenvalue weighted by Crippen LogP contribution is 2.55. The average Bonchev–Trinajstić information content (AvgIpc) is 3.56. The maximum atomic E-state index is 14.6. The zero-order chi connectivity index (χ0) is 29.0. The van der Waals surface area contributed by atoms with Gasteiger partial charge < -0.3 is 4.74 Å². The number of rotatable bonds is 6. The molecule has 0 aliphatic carbocycles. The van der Waals surface area contributed by atoms with Crippen molar-refractivity contribution in [1.82, 2.24) is 5.32 Å². The van der Waals surface area contributed by atoms with E-state index in [1.165, 1.54) is 9.80 Å². The van der Waals surface area contributed by atoms with Gasteiger partial charge in [-0.3, -0.25) is 29.4 Å². The number of imide groups is 1. The number of para-hydroxylation sites is 1. The van der Waals surface area contributed by atoms with Crippen molar-refractivity contribution in [3.05, 3.63) is 108 Å². The number of nitrogens with one attached hydrogen (secondary N) is 1. The number of fused-ring (bicyclic) bond motifs is 5. The lowest BCUT2D eigenvalue weighted by atomic mass is 9.76. The largest absolute Gasteiger partial charge is 0.465 e. The van der Waals surface area contributed by atoms with Crippen LogP contribution in [0.2, 0.25) is 0 Å². The summed E-state index contributed by atoms with van der Waals surface area (Å²) in [6.07, 6.45) is 0.444. The molecule has 0 aromatic heterocycles. The molecule has 42 heavy (non-hydrogen) atoms. The predicted molar refractivity (Wildman–Crippen MR) is 158 cm³/mol. The Kier molecular flexibility index (Phi) is 6.17. The minimum Gasteiger partial charge on any atom is -0.465 e. The van der Waals surface area contributed by atoms with E-state index in [0.29, 0.717) is 23.4 Å². The van der Waals surface area contributed by atoms with Crippen LogP contribution in [0.5, 0.6) is 0 Å². The zero-order valence-electron chi connectivity index (χ0n) is 23.0. The van der Waals surface area contributed by atoms with Crippen LogP contribution in [0.15, 0.2) is 97.1 Å². The van der Waals surface area contributed by atoms with Gasteiger partial charge in [0.15, 0.2) is 0 Å². The zero-order valence-corrected chi connectivity index (χ0v) is 23.0. The van der Waals surface area contributed by atoms with E-state index >= 15 is 0 Å². The van der Waals surface area contributed by atoms with Crippen LogP contribution in [-0.2, 0) is 35.9 Å². The normalized spacial score (nSPS) is 24.5. The van der Waals surface area contributed by atoms with Gasteiger partial charge in [-0.15, -0.1) is 0 Å². The maximum absolute atomic E-state index is 14.6. The SMILES string of the molecule is CCOC(=O)CN1C(=O)[C@@]2(N[C@@H](Cc3ccccc3)[C@H]3C(=O)N(c4cccc5ccccc45)C(=O)[C@H]32)c2ccccc21. The van der Waals surface area contributed by atoms with E-state index in [-0.39, 0.29) is 19.1 Å². The molecule has 0 bridgehead atoms. The Balaban J connectivity index is 1.39. The van der Waals surface area contributed by atoms with Crippen LogP contribution in [0.3, 0.4) is 0 Å². The first-order chi connectivity index (χ1) is 20.5. The Bertz CT molecular complexity index is 1750. The molecule has 0 saturated carbocycles. The van der Waals surface area contributed by atoms with E-state index in [4.69, 9.17) is 4.74 Å². The van der Waals surface area contributed by atoms with Gasteiger partial charge in [-0.1, -0.05) is 84.9 Å². The molecule has 1 spiro atoms. The molecule has 3 heterocycles. The number of benzene rings is 4. The molecule has 1 N–H and O–H groups in total. The van der Waals surface area contributed by atoms with Gasteiger partial charge in [0.1, 0.15) is 12.1 Å². The summed E-state index contributed by atoms with van der Waals surface area (Å²) in [5, 5.41) is 5.21. The molecule has 0 radical (unpaired) electrons. The molecule has 2 fully saturated rings. The molecular weight excluding hydrogens is 530 g/mol. The number of ether oxygens (including phenoxy) is 1. The summed E-state index contributed by atoms with van der Waals surface area (Å²) in [5.41, 5.74) is 1.10. The van der Waals surface area contributed by atoms with Crippen molar-refractivity contribution in [2.75, 3.05) is 23.0 Å². The van der Waals surface area contributed by atoms with Crippen LogP contribution in [0.1, 0.15) is 18.1 Å². The monoisotopic (exact) mass is 559 g/mol. The fourth-order valence-corrected chi connectivity index (χ4v) is 7.12. The van der Waals surface area contributed by atoms with Crippen molar-refractivity contribution < 1.29 is 23.9 Å². The fourth-order valence-electron chi connectivity index (χ4n) is 7.12. The first-order valence-corrected chi connectivity index (χ1v) is 14.2. The summed E-state index contributed by atoms with van der Waals surface area (Å²) in [5.74, 6) is -3.52. The van der Waals surface area contributed by atoms with Crippen molar-refractivity contribution in [3.63, 3.8) is 0 Å². The standard InChI is InChI=1S/C34H29N3O5/c1-2-42-28(38)20-36-27-17-9-8-16-24(27)34(33(36)41)30-29(25(35-34)19-21-11-4-3-5-12-21)31(39)37(32(30)40)26-18-10-14-22-13-6-7-15-23(22)26/h3-18,25,29-30,35H,2,19-20H2,1H3/t25-,29+,30-,34+/m0/s1. The number of amides is 3. The van der Waals surface area contributed by atoms with Gasteiger partial charge in [-0.05, 0) is 36.4 Å². The van der Waals surface area contributed by atoms with Crippen LogP contribution in [0.25, 0.3) is 10.8 Å². The molecule has 3 aliphatic heterocycles. The molecule has 0 unspecified atom stereocenters. The summed E-state index contributed by atoms with van der Waals surface area (Å²) in [6.45, 7) is 1.60. The Morgan fingerprint density at radius 1 is 0.833 bits per heavy atom. The number of carbonyl (C=O) groups excluding carboxylic acids is 4. The highest BCUT2D eigenvalue weighted by Gasteiger charge is 2.71. The van der Waals surface area contributed by atoms with Gasteiger partial charge in [-0.25, -0.2) is 4.90 Å². The first kappa shape index (κ1) is 26.1. The van der Waals surface area contributed by atoms with Crippen LogP contribution < -0.4 is 15.1 Å². The number of carbonyl (C=O) groups is 4. The van der Waals surface area contributed by atoms with Crippen LogP contribution in [-0.4, -0.2) is 42.9 Å². The van der Waals surface area contributed by atoms with Gasteiger partial charge in [0.25, 0.3) is 5.91 Å². The number of hydrogen-bond donors (Lipinski definition) is 1. The molecule has 7 rings (SSSR count). The van der Waals surface area contributed by atoms with Crippen molar-refractivity contribution in [3.8, 4) is 0 Å². The van der Waals surface area contributed by atoms with Gasteiger partial charge in [0.05, 0.1) is 24.1 Å². The summed E-state index contributed by atoms with van der Waals surface area (Å²) in [7, 11) is 0. The number of nitrogens with zero attached hydrogens (tertiary/aromatic N) is 2. The third kappa shape index (κ3) is 3.72. The molecule has 2 saturated heterocycles. The number of esters is 1. The van der Waals surface area contributed by atoms with E-state index in [9.17, 15) is 19.2 Å². The second-order valence-corrected chi connectivity index (χ2v) is 11.0. The Labute approximate surface area is 242 Å². The molecule has 3 amide bonds. The van der Waals surface area contributed by atoms with E-state index in [1.807, 2.05) is 78.9 Å². The average molecular weight is 560 g/mol. The van der Waals surface area contributed by atoms with E-state index in [2.05, 4.69) is 5.32 Å². The van der Waals surface area contributed by atoms with Gasteiger partial charge in [0, 0.05) is 22.7 Å². The lowest BCUT2D eigenvalue weighted by molar-refractivity contribution is -0.142. The van der Waals surface area contributed by atoms with Gasteiger partial charge in [-0.2, -0.15) is 0 Å². The molecule has 8 nitrogen and oxygen atoms in total. The van der Waals surface area contributed by atoms with E-state index < -0.39 is 41.2 Å². The maximum Gasteiger partial charge on any atom is 0.326 e. The third-order valence-electron chi connectivity index (χ3n) is 8.76. The molecule has 4 atom stereocenters. The third-order valence-corrected chi connectivity index (χ3v) is 8.76. The molecule has 3 aliphatic rings. The number of anilines is 2. The lowest BCUT2D eigenvalue weighted by Gasteiger charge is -2.30. The van der Waals surface area contributed by atoms with Gasteiger partial charge >= 0.3 is 5.97 Å². The topological polar surface area (TPSA) is 96.0 Å². The van der Waals surface area contributed by atoms with Crippen molar-refractivity contribution in [1.29, 1.82) is 0 Å². The Morgan fingerprint density at radius 3 is 2.33 bits per heavy atom. The van der Waals surface area contributed by atoms with Crippen molar-refractivity contribution in [2.24, 2.45) is 11.8 Å². The highest BCUT2D eigenvalue weighted by atomic mass is 16.5. The minimum atomic E-state index is -1.51. The van der Waals surface area contributed by atoms with E-state index in [1.54, 1.807) is 25.1 Å². The second kappa shape index (κ2) is 9.92. The smallest absolute Gasteiger partial charge is 0.326 e. The lowest BCUT2D eigenvalue weighted by Crippen LogP contribution is -2.56. The highest BCUT2D eigenvalue weighted by molar-refractivity contribution is 6.28. The molecule has 210 valence electrons. The predicted octanol–water partition coefficient (Wildman–Crippen LogP) is 3.97. The van der Waals surface area contributed by atoms with E-state index in [0.717, 1.165) is 16.3 Å². The fraction of sp³-hybridized carbons (Fsp3) is 0.235. The van der Waals surface area contributed by atoms with Crippen molar-refractivity contribution in [2.45, 2.75) is 24.9 Å². The molecule has 4 aromatic rings. The number of hydrogen-bond acceptors (Lipinski definition) is 6. The minimum absolute atomic E-state index is 0.183. The van der Waals surface area contributed by atoms with Crippen LogP contribution in [0.4, 0.5) is 11.4 Å². The summed E-state index contributed by atoms with van der Waals surface area (Å²) >= 11 is 0. The summed E-state index contributed by atoms with van der Waals surface area (Å²) in [6, 6.07) is 29.6. The van der Waals surface area contributed by atoms with Crippen LogP contribution in [0, 0.1) is 11.8 Å². The first-order valence-electron chi connectivity index (χ1n) is 14.2. The Morgan fingerprint density at radius 2 is 1.52 bits per heavy atom. The molecule has 8 heteroatoms. The second-order valence-electron chi connectivity index (χ2n) is 11.0.